The van der Waals surface area contributed by atoms with Crippen LogP contribution in [0.3, 0.4) is 0 Å². The molecule has 1 aromatic rings. The molecule has 1 aliphatic rings. The van der Waals surface area contributed by atoms with E-state index in [-0.39, 0.29) is 5.56 Å². The van der Waals surface area contributed by atoms with E-state index in [0.717, 1.165) is 11.6 Å². The molecule has 2 rings (SSSR count). The first-order valence-electron chi connectivity index (χ1n) is 6.02. The van der Waals surface area contributed by atoms with Gasteiger partial charge < -0.3 is 10.2 Å². The summed E-state index contributed by atoms with van der Waals surface area (Å²) in [6.45, 7) is 8.69. The fraction of sp³-hybridized carbons (Fsp3) is 0.286. The Kier molecular flexibility index (Phi) is 3.38. The van der Waals surface area contributed by atoms with Crippen molar-refractivity contribution in [3.8, 4) is 0 Å². The third-order valence-corrected chi connectivity index (χ3v) is 2.97. The minimum Gasteiger partial charge on any atom is -0.365 e. The Bertz CT molecular complexity index is 581. The Labute approximate surface area is 110 Å². The SMILES string of the molecule is C=C(C)CN(CC)c1cc2c(cc1F)C(=O)C(=O)N2. The Balaban J connectivity index is 2.44. The lowest BCUT2D eigenvalue weighted by Crippen LogP contribution is -2.25. The molecule has 0 unspecified atom stereocenters. The molecular formula is C14H15FN2O2. The Morgan fingerprint density at radius 1 is 1.42 bits per heavy atom. The molecule has 1 heterocycles. The molecule has 0 atom stereocenters. The molecule has 0 saturated carbocycles. The van der Waals surface area contributed by atoms with Crippen LogP contribution in [0, 0.1) is 5.82 Å². The van der Waals surface area contributed by atoms with E-state index in [9.17, 15) is 14.0 Å². The van der Waals surface area contributed by atoms with E-state index in [1.54, 1.807) is 4.90 Å². The van der Waals surface area contributed by atoms with Gasteiger partial charge in [-0.05, 0) is 26.0 Å². The van der Waals surface area contributed by atoms with Crippen LogP contribution in [0.15, 0.2) is 24.3 Å². The molecule has 0 aliphatic carbocycles. The molecule has 0 aromatic heterocycles. The number of benzene rings is 1. The summed E-state index contributed by atoms with van der Waals surface area (Å²) < 4.78 is 14.1. The zero-order valence-electron chi connectivity index (χ0n) is 10.9. The second-order valence-electron chi connectivity index (χ2n) is 4.60. The van der Waals surface area contributed by atoms with E-state index in [1.165, 1.54) is 6.07 Å². The number of Topliss-reactive ketones (excluding diaryl/α,β-unsaturated/α-hetero) is 1. The molecule has 0 fully saturated rings. The van der Waals surface area contributed by atoms with Gasteiger partial charge in [0, 0.05) is 13.1 Å². The van der Waals surface area contributed by atoms with Crippen LogP contribution in [0.4, 0.5) is 15.8 Å². The smallest absolute Gasteiger partial charge is 0.296 e. The van der Waals surface area contributed by atoms with Crippen molar-refractivity contribution in [3.63, 3.8) is 0 Å². The van der Waals surface area contributed by atoms with E-state index in [4.69, 9.17) is 0 Å². The molecule has 1 N–H and O–H groups in total. The predicted octanol–water partition coefficient (Wildman–Crippen LogP) is 2.36. The topological polar surface area (TPSA) is 49.4 Å². The van der Waals surface area contributed by atoms with Gasteiger partial charge in [0.15, 0.2) is 0 Å². The summed E-state index contributed by atoms with van der Waals surface area (Å²) in [7, 11) is 0. The lowest BCUT2D eigenvalue weighted by molar-refractivity contribution is -0.112. The first-order chi connectivity index (χ1) is 8.93. The maximum Gasteiger partial charge on any atom is 0.296 e. The average molecular weight is 262 g/mol. The standard InChI is InChI=1S/C14H15FN2O2/c1-4-17(7-8(2)3)12-6-11-9(5-10(12)15)13(18)14(19)16-11/h5-6H,2,4,7H2,1,3H3,(H,16,18,19). The molecule has 1 aliphatic heterocycles. The van der Waals surface area contributed by atoms with E-state index >= 15 is 0 Å². The van der Waals surface area contributed by atoms with Gasteiger partial charge in [-0.1, -0.05) is 12.2 Å². The molecular weight excluding hydrogens is 247 g/mol. The van der Waals surface area contributed by atoms with Crippen molar-refractivity contribution in [2.24, 2.45) is 0 Å². The normalized spacial score (nSPS) is 13.2. The molecule has 0 radical (unpaired) electrons. The molecule has 0 bridgehead atoms. The van der Waals surface area contributed by atoms with Crippen LogP contribution in [-0.4, -0.2) is 24.8 Å². The van der Waals surface area contributed by atoms with Crippen molar-refractivity contribution in [3.05, 3.63) is 35.7 Å². The zero-order valence-corrected chi connectivity index (χ0v) is 10.9. The lowest BCUT2D eigenvalue weighted by Gasteiger charge is -2.24. The fourth-order valence-electron chi connectivity index (χ4n) is 2.09. The van der Waals surface area contributed by atoms with Crippen LogP contribution in [0.1, 0.15) is 24.2 Å². The second-order valence-corrected chi connectivity index (χ2v) is 4.60. The second kappa shape index (κ2) is 4.84. The van der Waals surface area contributed by atoms with Crippen LogP contribution in [0.5, 0.6) is 0 Å². The van der Waals surface area contributed by atoms with Gasteiger partial charge in [-0.25, -0.2) is 4.39 Å². The van der Waals surface area contributed by atoms with Gasteiger partial charge in [0.05, 0.1) is 16.9 Å². The average Bonchev–Trinajstić information content (AvgIpc) is 2.62. The number of hydrogen-bond acceptors (Lipinski definition) is 3. The van der Waals surface area contributed by atoms with Crippen molar-refractivity contribution in [2.75, 3.05) is 23.3 Å². The zero-order chi connectivity index (χ0) is 14.2. The van der Waals surface area contributed by atoms with Gasteiger partial charge in [-0.3, -0.25) is 9.59 Å². The van der Waals surface area contributed by atoms with Crippen LogP contribution in [0.25, 0.3) is 0 Å². The number of ketones is 1. The Hall–Kier alpha value is -2.17. The summed E-state index contributed by atoms with van der Waals surface area (Å²) in [6, 6.07) is 2.62. The number of rotatable bonds is 4. The highest BCUT2D eigenvalue weighted by molar-refractivity contribution is 6.51. The van der Waals surface area contributed by atoms with Gasteiger partial charge in [-0.2, -0.15) is 0 Å². The Morgan fingerprint density at radius 3 is 2.68 bits per heavy atom. The summed E-state index contributed by atoms with van der Waals surface area (Å²) in [4.78, 5) is 24.5. The molecule has 19 heavy (non-hydrogen) atoms. The van der Waals surface area contributed by atoms with E-state index in [1.807, 2.05) is 13.8 Å². The summed E-state index contributed by atoms with van der Waals surface area (Å²) in [6.07, 6.45) is 0. The number of hydrogen-bond donors (Lipinski definition) is 1. The number of carbonyl (C=O) groups excluding carboxylic acids is 2. The summed E-state index contributed by atoms with van der Waals surface area (Å²) >= 11 is 0. The lowest BCUT2D eigenvalue weighted by atomic mass is 10.1. The fourth-order valence-corrected chi connectivity index (χ4v) is 2.09. The van der Waals surface area contributed by atoms with Crippen molar-refractivity contribution in [1.29, 1.82) is 0 Å². The maximum absolute atomic E-state index is 14.1. The van der Waals surface area contributed by atoms with Crippen molar-refractivity contribution < 1.29 is 14.0 Å². The number of halogens is 1. The maximum atomic E-state index is 14.1. The number of carbonyl (C=O) groups is 2. The van der Waals surface area contributed by atoms with E-state index in [0.29, 0.717) is 24.5 Å². The third kappa shape index (κ3) is 2.36. The number of amides is 1. The monoisotopic (exact) mass is 262 g/mol. The largest absolute Gasteiger partial charge is 0.365 e. The first kappa shape index (κ1) is 13.3. The van der Waals surface area contributed by atoms with Gasteiger partial charge in [-0.15, -0.1) is 0 Å². The van der Waals surface area contributed by atoms with Gasteiger partial charge in [0.2, 0.25) is 0 Å². The molecule has 4 nitrogen and oxygen atoms in total. The van der Waals surface area contributed by atoms with Crippen molar-refractivity contribution in [1.82, 2.24) is 0 Å². The minimum atomic E-state index is -0.713. The summed E-state index contributed by atoms with van der Waals surface area (Å²) in [5.41, 5.74) is 1.73. The number of nitrogens with zero attached hydrogens (tertiary/aromatic N) is 1. The molecule has 1 amide bonds. The third-order valence-electron chi connectivity index (χ3n) is 2.97. The molecule has 0 spiro atoms. The van der Waals surface area contributed by atoms with Crippen LogP contribution < -0.4 is 10.2 Å². The van der Waals surface area contributed by atoms with Crippen molar-refractivity contribution in [2.45, 2.75) is 13.8 Å². The molecule has 0 saturated heterocycles. The highest BCUT2D eigenvalue weighted by Crippen LogP contribution is 2.31. The quantitative estimate of drug-likeness (QED) is 0.669. The van der Waals surface area contributed by atoms with Crippen LogP contribution >= 0.6 is 0 Å². The van der Waals surface area contributed by atoms with Crippen LogP contribution in [0.2, 0.25) is 0 Å². The van der Waals surface area contributed by atoms with Gasteiger partial charge in [0.25, 0.3) is 11.7 Å². The Morgan fingerprint density at radius 2 is 2.11 bits per heavy atom. The highest BCUT2D eigenvalue weighted by atomic mass is 19.1. The summed E-state index contributed by atoms with van der Waals surface area (Å²) in [5, 5.41) is 2.44. The number of fused-ring (bicyclic) bond motifs is 1. The van der Waals surface area contributed by atoms with Gasteiger partial charge >= 0.3 is 0 Å². The first-order valence-corrected chi connectivity index (χ1v) is 6.02. The van der Waals surface area contributed by atoms with Crippen LogP contribution in [-0.2, 0) is 4.79 Å². The molecule has 5 heteroatoms. The highest BCUT2D eigenvalue weighted by Gasteiger charge is 2.30. The summed E-state index contributed by atoms with van der Waals surface area (Å²) in [5.74, 6) is -1.91. The molecule has 1 aromatic carbocycles. The number of likely N-dealkylation sites (N-methyl/N-ethyl adjacent to an activating group) is 1. The number of nitrogens with one attached hydrogen (secondary N) is 1. The van der Waals surface area contributed by atoms with E-state index in [2.05, 4.69) is 11.9 Å². The molecule has 100 valence electrons. The minimum absolute atomic E-state index is 0.0950. The van der Waals surface area contributed by atoms with E-state index < -0.39 is 17.5 Å². The van der Waals surface area contributed by atoms with Crippen molar-refractivity contribution >= 4 is 23.1 Å². The number of anilines is 2. The van der Waals surface area contributed by atoms with Gasteiger partial charge in [0.1, 0.15) is 5.82 Å². The predicted molar refractivity (Wildman–Crippen MR) is 72.1 cm³/mol.